The normalized spacial score (nSPS) is 15.8. The third kappa shape index (κ3) is 2.85. The molecule has 0 saturated heterocycles. The van der Waals surface area contributed by atoms with Gasteiger partial charge in [-0.1, -0.05) is 0 Å². The number of pyridine rings is 1. The van der Waals surface area contributed by atoms with Gasteiger partial charge in [-0.25, -0.2) is 9.97 Å². The molecule has 6 nitrogen and oxygen atoms in total. The van der Waals surface area contributed by atoms with Crippen molar-refractivity contribution >= 4 is 5.91 Å². The molecule has 6 heteroatoms. The summed E-state index contributed by atoms with van der Waals surface area (Å²) in [6.45, 7) is 0.298. The van der Waals surface area contributed by atoms with Crippen molar-refractivity contribution < 1.29 is 9.90 Å². The van der Waals surface area contributed by atoms with Gasteiger partial charge in [0.1, 0.15) is 12.1 Å². The minimum absolute atomic E-state index is 0.214. The van der Waals surface area contributed by atoms with Gasteiger partial charge >= 0.3 is 0 Å². The fourth-order valence-electron chi connectivity index (χ4n) is 2.01. The molecular formula is C14H16N4O2. The molecule has 2 N–H and O–H groups in total. The molecule has 1 atom stereocenters. The van der Waals surface area contributed by atoms with Crippen LogP contribution in [0.15, 0.2) is 37.1 Å². The van der Waals surface area contributed by atoms with E-state index < -0.39 is 6.10 Å². The van der Waals surface area contributed by atoms with Gasteiger partial charge in [-0.05, 0) is 30.9 Å². The number of carbonyl (C=O) groups excluding carboxylic acids is 1. The van der Waals surface area contributed by atoms with Gasteiger partial charge in [-0.2, -0.15) is 0 Å². The van der Waals surface area contributed by atoms with Gasteiger partial charge in [-0.3, -0.25) is 9.36 Å². The molecule has 1 aliphatic carbocycles. The highest BCUT2D eigenvalue weighted by Crippen LogP contribution is 2.32. The van der Waals surface area contributed by atoms with Crippen molar-refractivity contribution in [1.29, 1.82) is 0 Å². The molecule has 3 rings (SSSR count). The van der Waals surface area contributed by atoms with E-state index in [1.54, 1.807) is 35.4 Å². The maximum Gasteiger partial charge on any atom is 0.252 e. The molecule has 1 fully saturated rings. The number of aliphatic hydroxyl groups excluding tert-OH is 1. The summed E-state index contributed by atoms with van der Waals surface area (Å²) in [7, 11) is 0. The lowest BCUT2D eigenvalue weighted by Gasteiger charge is -2.10. The van der Waals surface area contributed by atoms with Gasteiger partial charge in [0.05, 0.1) is 11.7 Å². The van der Waals surface area contributed by atoms with E-state index in [0.717, 1.165) is 12.8 Å². The van der Waals surface area contributed by atoms with Crippen LogP contribution in [0.25, 0.3) is 5.82 Å². The lowest BCUT2D eigenvalue weighted by Crippen LogP contribution is -2.33. The molecule has 2 aromatic rings. The first-order valence-corrected chi connectivity index (χ1v) is 6.64. The van der Waals surface area contributed by atoms with E-state index in [9.17, 15) is 9.90 Å². The van der Waals surface area contributed by atoms with Crippen LogP contribution in [0.1, 0.15) is 23.2 Å². The molecule has 0 aliphatic heterocycles. The minimum Gasteiger partial charge on any atom is -0.391 e. The molecule has 1 unspecified atom stereocenters. The molecule has 0 bridgehead atoms. The van der Waals surface area contributed by atoms with Crippen LogP contribution in [-0.4, -0.2) is 38.2 Å². The van der Waals surface area contributed by atoms with E-state index in [2.05, 4.69) is 15.3 Å². The number of nitrogens with one attached hydrogen (secondary N) is 1. The van der Waals surface area contributed by atoms with Crippen molar-refractivity contribution in [3.63, 3.8) is 0 Å². The van der Waals surface area contributed by atoms with Crippen LogP contribution in [0, 0.1) is 5.92 Å². The topological polar surface area (TPSA) is 80.0 Å². The summed E-state index contributed by atoms with van der Waals surface area (Å²) in [5.41, 5.74) is 0.483. The number of amides is 1. The van der Waals surface area contributed by atoms with Crippen LogP contribution in [0.5, 0.6) is 0 Å². The Bertz CT molecular complexity index is 576. The standard InChI is InChI=1S/C14H16N4O2/c19-12(10-1-2-10)8-17-14(20)11-3-4-13(16-7-11)18-6-5-15-9-18/h3-7,9-10,12,19H,1-2,8H2,(H,17,20). The zero-order valence-electron chi connectivity index (χ0n) is 10.9. The number of imidazole rings is 1. The molecule has 1 amide bonds. The first-order chi connectivity index (χ1) is 9.74. The lowest BCUT2D eigenvalue weighted by atomic mass is 10.2. The first kappa shape index (κ1) is 12.8. The third-order valence-electron chi connectivity index (χ3n) is 3.42. The van der Waals surface area contributed by atoms with Crippen molar-refractivity contribution in [2.24, 2.45) is 5.92 Å². The second-order valence-electron chi connectivity index (χ2n) is 4.99. The number of hydrogen-bond donors (Lipinski definition) is 2. The van der Waals surface area contributed by atoms with Crippen molar-refractivity contribution in [3.05, 3.63) is 42.6 Å². The summed E-state index contributed by atoms with van der Waals surface area (Å²) in [5.74, 6) is 0.850. The molecule has 104 valence electrons. The Balaban J connectivity index is 1.60. The van der Waals surface area contributed by atoms with Gasteiger partial charge < -0.3 is 10.4 Å². The molecular weight excluding hydrogens is 256 g/mol. The zero-order valence-corrected chi connectivity index (χ0v) is 10.9. The van der Waals surface area contributed by atoms with Crippen LogP contribution >= 0.6 is 0 Å². The Morgan fingerprint density at radius 1 is 1.50 bits per heavy atom. The highest BCUT2D eigenvalue weighted by Gasteiger charge is 2.29. The molecule has 20 heavy (non-hydrogen) atoms. The second kappa shape index (κ2) is 5.42. The summed E-state index contributed by atoms with van der Waals surface area (Å²) < 4.78 is 1.76. The number of hydrogen-bond acceptors (Lipinski definition) is 4. The van der Waals surface area contributed by atoms with E-state index in [0.29, 0.717) is 23.8 Å². The van der Waals surface area contributed by atoms with E-state index in [-0.39, 0.29) is 5.91 Å². The lowest BCUT2D eigenvalue weighted by molar-refractivity contribution is 0.0901. The van der Waals surface area contributed by atoms with Crippen LogP contribution in [0.4, 0.5) is 0 Å². The average Bonchev–Trinajstić information content (AvgIpc) is 3.19. The summed E-state index contributed by atoms with van der Waals surface area (Å²) in [6.07, 6.45) is 8.30. The van der Waals surface area contributed by atoms with E-state index >= 15 is 0 Å². The maximum absolute atomic E-state index is 11.9. The van der Waals surface area contributed by atoms with Crippen molar-refractivity contribution in [3.8, 4) is 5.82 Å². The van der Waals surface area contributed by atoms with Crippen LogP contribution in [-0.2, 0) is 0 Å². The van der Waals surface area contributed by atoms with Gasteiger partial charge in [0.15, 0.2) is 0 Å². The molecule has 0 radical (unpaired) electrons. The maximum atomic E-state index is 11.9. The Hall–Kier alpha value is -2.21. The predicted molar refractivity (Wildman–Crippen MR) is 72.4 cm³/mol. The quantitative estimate of drug-likeness (QED) is 0.842. The Kier molecular flexibility index (Phi) is 3.47. The smallest absolute Gasteiger partial charge is 0.252 e. The van der Waals surface area contributed by atoms with Gasteiger partial charge in [0, 0.05) is 25.1 Å². The summed E-state index contributed by atoms with van der Waals surface area (Å²) in [4.78, 5) is 20.1. The third-order valence-corrected chi connectivity index (χ3v) is 3.42. The summed E-state index contributed by atoms with van der Waals surface area (Å²) in [5, 5.41) is 12.4. The minimum atomic E-state index is -0.433. The summed E-state index contributed by atoms with van der Waals surface area (Å²) in [6, 6.07) is 3.47. The highest BCUT2D eigenvalue weighted by molar-refractivity contribution is 5.93. The number of nitrogens with zero attached hydrogens (tertiary/aromatic N) is 3. The molecule has 1 saturated carbocycles. The molecule has 0 aromatic carbocycles. The average molecular weight is 272 g/mol. The number of rotatable bonds is 5. The Morgan fingerprint density at radius 2 is 2.35 bits per heavy atom. The zero-order chi connectivity index (χ0) is 13.9. The van der Waals surface area contributed by atoms with Crippen molar-refractivity contribution in [2.45, 2.75) is 18.9 Å². The first-order valence-electron chi connectivity index (χ1n) is 6.64. The van der Waals surface area contributed by atoms with Crippen LogP contribution < -0.4 is 5.32 Å². The number of aliphatic hydroxyl groups is 1. The van der Waals surface area contributed by atoms with Gasteiger partial charge in [0.2, 0.25) is 0 Å². The Morgan fingerprint density at radius 3 is 2.95 bits per heavy atom. The molecule has 2 aromatic heterocycles. The number of aromatic nitrogens is 3. The predicted octanol–water partition coefficient (Wildman–Crippen LogP) is 0.768. The number of carbonyl (C=O) groups is 1. The largest absolute Gasteiger partial charge is 0.391 e. The Labute approximate surface area is 116 Å². The van der Waals surface area contributed by atoms with Crippen molar-refractivity contribution in [1.82, 2.24) is 19.9 Å². The fourth-order valence-corrected chi connectivity index (χ4v) is 2.01. The van der Waals surface area contributed by atoms with Crippen LogP contribution in [0.3, 0.4) is 0 Å². The molecule has 1 aliphatic rings. The van der Waals surface area contributed by atoms with E-state index in [1.807, 2.05) is 0 Å². The van der Waals surface area contributed by atoms with E-state index in [1.165, 1.54) is 6.20 Å². The highest BCUT2D eigenvalue weighted by atomic mass is 16.3. The van der Waals surface area contributed by atoms with E-state index in [4.69, 9.17) is 0 Å². The SMILES string of the molecule is O=C(NCC(O)C1CC1)c1ccc(-n2ccnc2)nc1. The molecule has 0 spiro atoms. The van der Waals surface area contributed by atoms with Gasteiger partial charge in [-0.15, -0.1) is 0 Å². The molecule has 2 heterocycles. The summed E-state index contributed by atoms with van der Waals surface area (Å²) >= 11 is 0. The fraction of sp³-hybridized carbons (Fsp3) is 0.357. The van der Waals surface area contributed by atoms with Crippen molar-refractivity contribution in [2.75, 3.05) is 6.54 Å². The monoisotopic (exact) mass is 272 g/mol. The van der Waals surface area contributed by atoms with Crippen LogP contribution in [0.2, 0.25) is 0 Å². The van der Waals surface area contributed by atoms with Gasteiger partial charge in [0.25, 0.3) is 5.91 Å². The second-order valence-corrected chi connectivity index (χ2v) is 4.99.